The van der Waals surface area contributed by atoms with Gasteiger partial charge in [0.1, 0.15) is 0 Å². The maximum absolute atomic E-state index is 9.05. The van der Waals surface area contributed by atoms with E-state index in [1.54, 1.807) is 0 Å². The lowest BCUT2D eigenvalue weighted by atomic mass is 10.1. The molecule has 0 spiro atoms. The third-order valence-electron chi connectivity index (χ3n) is 3.54. The first-order chi connectivity index (χ1) is 8.20. The quantitative estimate of drug-likeness (QED) is 0.892. The monoisotopic (exact) mass is 253 g/mol. The topological polar surface area (TPSA) is 23.5 Å². The van der Waals surface area contributed by atoms with Gasteiger partial charge in [-0.1, -0.05) is 23.7 Å². The highest BCUT2D eigenvalue weighted by atomic mass is 35.5. The van der Waals surface area contributed by atoms with Crippen molar-refractivity contribution >= 4 is 11.6 Å². The summed E-state index contributed by atoms with van der Waals surface area (Å²) in [6, 6.07) is 6.77. The molecule has 1 saturated heterocycles. The van der Waals surface area contributed by atoms with Crippen LogP contribution in [0.1, 0.15) is 30.4 Å². The van der Waals surface area contributed by atoms with Crippen LogP contribution in [0.5, 0.6) is 0 Å². The van der Waals surface area contributed by atoms with E-state index in [2.05, 4.69) is 24.0 Å². The third kappa shape index (κ3) is 3.21. The molecule has 1 atom stereocenters. The van der Waals surface area contributed by atoms with E-state index in [-0.39, 0.29) is 6.61 Å². The lowest BCUT2D eigenvalue weighted by Crippen LogP contribution is -2.29. The zero-order valence-corrected chi connectivity index (χ0v) is 11.1. The molecule has 17 heavy (non-hydrogen) atoms. The summed E-state index contributed by atoms with van der Waals surface area (Å²) in [6.45, 7) is 4.36. The van der Waals surface area contributed by atoms with Crippen LogP contribution in [0, 0.1) is 6.92 Å². The van der Waals surface area contributed by atoms with Gasteiger partial charge in [0.15, 0.2) is 0 Å². The number of likely N-dealkylation sites (tertiary alicyclic amines) is 1. The fraction of sp³-hybridized carbons (Fsp3) is 0.571. The minimum atomic E-state index is 0.281. The van der Waals surface area contributed by atoms with Gasteiger partial charge in [0.25, 0.3) is 0 Å². The molecule has 1 aliphatic heterocycles. The molecule has 94 valence electrons. The average molecular weight is 254 g/mol. The Bertz CT molecular complexity index is 380. The number of benzene rings is 1. The number of hydrogen-bond donors (Lipinski definition) is 1. The molecule has 1 fully saturated rings. The summed E-state index contributed by atoms with van der Waals surface area (Å²) in [5, 5.41) is 9.91. The van der Waals surface area contributed by atoms with Gasteiger partial charge in [0, 0.05) is 24.2 Å². The second-order valence-electron chi connectivity index (χ2n) is 4.87. The second-order valence-corrected chi connectivity index (χ2v) is 5.28. The van der Waals surface area contributed by atoms with Crippen LogP contribution in [0.15, 0.2) is 18.2 Å². The Morgan fingerprint density at radius 1 is 1.47 bits per heavy atom. The molecule has 1 aromatic carbocycles. The fourth-order valence-electron chi connectivity index (χ4n) is 2.58. The molecule has 0 aromatic heterocycles. The highest BCUT2D eigenvalue weighted by Gasteiger charge is 2.24. The van der Waals surface area contributed by atoms with Gasteiger partial charge in [-0.2, -0.15) is 0 Å². The fourth-order valence-corrected chi connectivity index (χ4v) is 2.87. The Kier molecular flexibility index (Phi) is 4.43. The number of nitrogens with zero attached hydrogens (tertiary/aromatic N) is 1. The predicted molar refractivity (Wildman–Crippen MR) is 71.3 cm³/mol. The van der Waals surface area contributed by atoms with E-state index in [9.17, 15) is 0 Å². The van der Waals surface area contributed by atoms with Gasteiger partial charge in [0.05, 0.1) is 0 Å². The lowest BCUT2D eigenvalue weighted by molar-refractivity contribution is 0.190. The molecule has 0 radical (unpaired) electrons. The van der Waals surface area contributed by atoms with Crippen molar-refractivity contribution in [2.45, 2.75) is 38.8 Å². The van der Waals surface area contributed by atoms with Crippen molar-refractivity contribution in [3.8, 4) is 0 Å². The molecule has 2 nitrogen and oxygen atoms in total. The average Bonchev–Trinajstić information content (AvgIpc) is 2.71. The van der Waals surface area contributed by atoms with Crippen molar-refractivity contribution in [1.82, 2.24) is 4.90 Å². The van der Waals surface area contributed by atoms with E-state index in [1.165, 1.54) is 24.0 Å². The number of halogens is 1. The third-order valence-corrected chi connectivity index (χ3v) is 3.90. The van der Waals surface area contributed by atoms with Crippen molar-refractivity contribution in [2.24, 2.45) is 0 Å². The van der Waals surface area contributed by atoms with Gasteiger partial charge < -0.3 is 5.11 Å². The Morgan fingerprint density at radius 3 is 3.00 bits per heavy atom. The molecule has 1 aliphatic rings. The number of aliphatic hydroxyl groups excluding tert-OH is 1. The first kappa shape index (κ1) is 12.9. The van der Waals surface area contributed by atoms with Gasteiger partial charge >= 0.3 is 0 Å². The summed E-state index contributed by atoms with van der Waals surface area (Å²) in [5.41, 5.74) is 2.40. The maximum atomic E-state index is 9.05. The van der Waals surface area contributed by atoms with E-state index in [1.807, 2.05) is 6.07 Å². The molecule has 0 saturated carbocycles. The second kappa shape index (κ2) is 5.85. The number of hydrogen-bond acceptors (Lipinski definition) is 2. The molecule has 0 aliphatic carbocycles. The summed E-state index contributed by atoms with van der Waals surface area (Å²) < 4.78 is 0. The minimum absolute atomic E-state index is 0.281. The zero-order valence-electron chi connectivity index (χ0n) is 10.3. The summed E-state index contributed by atoms with van der Waals surface area (Å²) in [5.74, 6) is 0. The zero-order chi connectivity index (χ0) is 12.3. The smallest absolute Gasteiger partial charge is 0.0453 e. The van der Waals surface area contributed by atoms with E-state index in [0.717, 1.165) is 24.5 Å². The Labute approximate surface area is 108 Å². The molecular weight excluding hydrogens is 234 g/mol. The van der Waals surface area contributed by atoms with Crippen molar-refractivity contribution in [1.29, 1.82) is 0 Å². The number of aliphatic hydroxyl groups is 1. The molecule has 2 rings (SSSR count). The van der Waals surface area contributed by atoms with Crippen molar-refractivity contribution < 1.29 is 5.11 Å². The van der Waals surface area contributed by atoms with Crippen LogP contribution < -0.4 is 0 Å². The van der Waals surface area contributed by atoms with Gasteiger partial charge in [-0.05, 0) is 49.9 Å². The van der Waals surface area contributed by atoms with Crippen LogP contribution in [0.25, 0.3) is 0 Å². The molecule has 1 N–H and O–H groups in total. The van der Waals surface area contributed by atoms with Gasteiger partial charge in [0.2, 0.25) is 0 Å². The first-order valence-electron chi connectivity index (χ1n) is 6.30. The highest BCUT2D eigenvalue weighted by molar-refractivity contribution is 6.31. The van der Waals surface area contributed by atoms with Crippen LogP contribution in [0.3, 0.4) is 0 Å². The maximum Gasteiger partial charge on any atom is 0.0453 e. The van der Waals surface area contributed by atoms with Gasteiger partial charge in [-0.15, -0.1) is 0 Å². The number of aryl methyl sites for hydroxylation is 1. The van der Waals surface area contributed by atoms with Crippen LogP contribution in [0.4, 0.5) is 0 Å². The lowest BCUT2D eigenvalue weighted by Gasteiger charge is -2.24. The first-order valence-corrected chi connectivity index (χ1v) is 6.68. The van der Waals surface area contributed by atoms with Crippen molar-refractivity contribution in [3.05, 3.63) is 34.3 Å². The highest BCUT2D eigenvalue weighted by Crippen LogP contribution is 2.25. The standard InChI is InChI=1S/C14H20ClNO/c1-11-4-5-12(14(15)9-11)10-16-7-2-3-13(16)6-8-17/h4-5,9,13,17H,2-3,6-8,10H2,1H3. The van der Waals surface area contributed by atoms with Crippen LogP contribution >= 0.6 is 11.6 Å². The van der Waals surface area contributed by atoms with Crippen LogP contribution in [0.2, 0.25) is 5.02 Å². The Hall–Kier alpha value is -0.570. The van der Waals surface area contributed by atoms with E-state index in [0.29, 0.717) is 6.04 Å². The minimum Gasteiger partial charge on any atom is -0.396 e. The van der Waals surface area contributed by atoms with Gasteiger partial charge in [-0.25, -0.2) is 0 Å². The predicted octanol–water partition coefficient (Wildman–Crippen LogP) is 3.00. The van der Waals surface area contributed by atoms with Crippen LogP contribution in [-0.4, -0.2) is 29.2 Å². The molecule has 1 unspecified atom stereocenters. The molecule has 3 heteroatoms. The largest absolute Gasteiger partial charge is 0.396 e. The summed E-state index contributed by atoms with van der Waals surface area (Å²) in [7, 11) is 0. The SMILES string of the molecule is Cc1ccc(CN2CCCC2CCO)c(Cl)c1. The molecular formula is C14H20ClNO. The van der Waals surface area contributed by atoms with Crippen LogP contribution in [-0.2, 0) is 6.54 Å². The summed E-state index contributed by atoms with van der Waals surface area (Å²) in [6.07, 6.45) is 3.31. The summed E-state index contributed by atoms with van der Waals surface area (Å²) in [4.78, 5) is 2.44. The molecule has 1 heterocycles. The Balaban J connectivity index is 2.04. The molecule has 0 bridgehead atoms. The normalized spacial score (nSPS) is 21.0. The van der Waals surface area contributed by atoms with Gasteiger partial charge in [-0.3, -0.25) is 4.90 Å². The molecule has 0 amide bonds. The Morgan fingerprint density at radius 2 is 2.29 bits per heavy atom. The molecule has 1 aromatic rings. The summed E-state index contributed by atoms with van der Waals surface area (Å²) >= 11 is 6.26. The van der Waals surface area contributed by atoms with E-state index < -0.39 is 0 Å². The van der Waals surface area contributed by atoms with E-state index >= 15 is 0 Å². The van der Waals surface area contributed by atoms with E-state index in [4.69, 9.17) is 16.7 Å². The van der Waals surface area contributed by atoms with Crippen molar-refractivity contribution in [2.75, 3.05) is 13.2 Å². The number of rotatable bonds is 4. The van der Waals surface area contributed by atoms with Crippen molar-refractivity contribution in [3.63, 3.8) is 0 Å².